The Hall–Kier alpha value is -3.22. The smallest absolute Gasteiger partial charge is 0.259 e. The lowest BCUT2D eigenvalue weighted by atomic mass is 9.97. The predicted octanol–water partition coefficient (Wildman–Crippen LogP) is 3.83. The van der Waals surface area contributed by atoms with Crippen LogP contribution in [-0.4, -0.2) is 41.0 Å². The standard InChI is InChI=1S/C22H22FN3O3/c1-28-21-19(8-3-9-24-21)22(27)26-10-4-6-16(14-26)20-25-13-18(29-20)12-15-5-2-7-17(23)11-15/h2-3,5,7-9,11,13,16H,4,6,10,12,14H2,1H3/t16-/m0/s1. The molecule has 1 aliphatic heterocycles. The number of carbonyl (C=O) groups is 1. The Labute approximate surface area is 168 Å². The van der Waals surface area contributed by atoms with Crippen LogP contribution >= 0.6 is 0 Å². The monoisotopic (exact) mass is 395 g/mol. The van der Waals surface area contributed by atoms with Gasteiger partial charge in [0.25, 0.3) is 5.91 Å². The second kappa shape index (κ2) is 8.43. The summed E-state index contributed by atoms with van der Waals surface area (Å²) in [5.41, 5.74) is 1.28. The van der Waals surface area contributed by atoms with E-state index >= 15 is 0 Å². The number of piperidine rings is 1. The Morgan fingerprint density at radius 3 is 3.03 bits per heavy atom. The third-order valence-electron chi connectivity index (χ3n) is 5.09. The Balaban J connectivity index is 1.46. The first-order valence-corrected chi connectivity index (χ1v) is 9.61. The average molecular weight is 395 g/mol. The first kappa shape index (κ1) is 19.1. The molecule has 0 saturated carbocycles. The number of nitrogens with zero attached hydrogens (tertiary/aromatic N) is 3. The van der Waals surface area contributed by atoms with Crippen LogP contribution in [0.1, 0.15) is 46.3 Å². The predicted molar refractivity (Wildman–Crippen MR) is 104 cm³/mol. The van der Waals surface area contributed by atoms with Crippen LogP contribution in [0.15, 0.2) is 53.2 Å². The van der Waals surface area contributed by atoms with E-state index in [1.165, 1.54) is 19.2 Å². The molecule has 3 heterocycles. The summed E-state index contributed by atoms with van der Waals surface area (Å²) in [7, 11) is 1.50. The number of rotatable bonds is 5. The van der Waals surface area contributed by atoms with Crippen LogP contribution in [0, 0.1) is 5.82 Å². The van der Waals surface area contributed by atoms with Gasteiger partial charge in [-0.25, -0.2) is 14.4 Å². The molecule has 2 aromatic heterocycles. The van der Waals surface area contributed by atoms with Crippen LogP contribution in [-0.2, 0) is 6.42 Å². The van der Waals surface area contributed by atoms with Crippen molar-refractivity contribution in [1.82, 2.24) is 14.9 Å². The summed E-state index contributed by atoms with van der Waals surface area (Å²) in [4.78, 5) is 23.3. The molecule has 1 saturated heterocycles. The minimum absolute atomic E-state index is 0.0247. The Kier molecular flexibility index (Phi) is 5.55. The van der Waals surface area contributed by atoms with E-state index in [9.17, 15) is 9.18 Å². The molecule has 6 nitrogen and oxygen atoms in total. The van der Waals surface area contributed by atoms with Crippen molar-refractivity contribution in [2.24, 2.45) is 0 Å². The number of amides is 1. The summed E-state index contributed by atoms with van der Waals surface area (Å²) in [6, 6.07) is 9.89. The number of pyridine rings is 1. The van der Waals surface area contributed by atoms with Crippen molar-refractivity contribution >= 4 is 5.91 Å². The van der Waals surface area contributed by atoms with Crippen molar-refractivity contribution in [2.45, 2.75) is 25.2 Å². The number of ether oxygens (including phenoxy) is 1. The van der Waals surface area contributed by atoms with Crippen LogP contribution in [0.25, 0.3) is 0 Å². The van der Waals surface area contributed by atoms with Gasteiger partial charge in [-0.3, -0.25) is 4.79 Å². The van der Waals surface area contributed by atoms with Crippen molar-refractivity contribution in [3.05, 3.63) is 77.4 Å². The summed E-state index contributed by atoms with van der Waals surface area (Å²) >= 11 is 0. The number of benzene rings is 1. The molecule has 1 aromatic carbocycles. The number of hydrogen-bond acceptors (Lipinski definition) is 5. The van der Waals surface area contributed by atoms with E-state index in [1.807, 2.05) is 6.07 Å². The second-order valence-electron chi connectivity index (χ2n) is 7.12. The first-order valence-electron chi connectivity index (χ1n) is 9.61. The molecular weight excluding hydrogens is 373 g/mol. The maximum absolute atomic E-state index is 13.4. The van der Waals surface area contributed by atoms with E-state index in [0.717, 1.165) is 18.4 Å². The highest BCUT2D eigenvalue weighted by Crippen LogP contribution is 2.29. The molecule has 0 unspecified atom stereocenters. The SMILES string of the molecule is COc1ncccc1C(=O)N1CCC[C@H](c2ncc(Cc3cccc(F)c3)o2)C1. The van der Waals surface area contributed by atoms with E-state index in [4.69, 9.17) is 9.15 Å². The first-order chi connectivity index (χ1) is 14.1. The van der Waals surface area contributed by atoms with Crippen LogP contribution in [0.2, 0.25) is 0 Å². The van der Waals surface area contributed by atoms with E-state index < -0.39 is 0 Å². The number of oxazole rings is 1. The van der Waals surface area contributed by atoms with Crippen molar-refractivity contribution in [3.8, 4) is 5.88 Å². The number of methoxy groups -OCH3 is 1. The highest BCUT2D eigenvalue weighted by Gasteiger charge is 2.29. The zero-order valence-corrected chi connectivity index (χ0v) is 16.2. The Morgan fingerprint density at radius 1 is 1.31 bits per heavy atom. The highest BCUT2D eigenvalue weighted by atomic mass is 19.1. The molecule has 3 aromatic rings. The molecule has 29 heavy (non-hydrogen) atoms. The Bertz CT molecular complexity index is 1000. The average Bonchev–Trinajstić information content (AvgIpc) is 3.22. The molecule has 4 rings (SSSR count). The zero-order chi connectivity index (χ0) is 20.2. The van der Waals surface area contributed by atoms with Crippen LogP contribution in [0.4, 0.5) is 4.39 Å². The fourth-order valence-electron chi connectivity index (χ4n) is 3.69. The summed E-state index contributed by atoms with van der Waals surface area (Å²) in [5, 5.41) is 0. The quantitative estimate of drug-likeness (QED) is 0.657. The molecule has 0 bridgehead atoms. The lowest BCUT2D eigenvalue weighted by molar-refractivity contribution is 0.0693. The van der Waals surface area contributed by atoms with E-state index in [1.54, 1.807) is 35.5 Å². The number of likely N-dealkylation sites (tertiary alicyclic amines) is 1. The fourth-order valence-corrected chi connectivity index (χ4v) is 3.69. The van der Waals surface area contributed by atoms with Gasteiger partial charge in [0, 0.05) is 25.7 Å². The van der Waals surface area contributed by atoms with Gasteiger partial charge in [0.1, 0.15) is 17.1 Å². The fraction of sp³-hybridized carbons (Fsp3) is 0.318. The van der Waals surface area contributed by atoms with Gasteiger partial charge in [-0.15, -0.1) is 0 Å². The summed E-state index contributed by atoms with van der Waals surface area (Å²) in [6.07, 6.45) is 5.52. The molecule has 1 fully saturated rings. The lowest BCUT2D eigenvalue weighted by Crippen LogP contribution is -2.39. The number of carbonyl (C=O) groups excluding carboxylic acids is 1. The van der Waals surface area contributed by atoms with Crippen LogP contribution in [0.5, 0.6) is 5.88 Å². The molecule has 1 amide bonds. The molecule has 0 spiro atoms. The van der Waals surface area contributed by atoms with Crippen molar-refractivity contribution < 1.29 is 18.3 Å². The zero-order valence-electron chi connectivity index (χ0n) is 16.2. The molecule has 0 aliphatic carbocycles. The van der Waals surface area contributed by atoms with Crippen LogP contribution in [0.3, 0.4) is 0 Å². The van der Waals surface area contributed by atoms with E-state index in [0.29, 0.717) is 42.6 Å². The second-order valence-corrected chi connectivity index (χ2v) is 7.12. The van der Waals surface area contributed by atoms with Gasteiger partial charge < -0.3 is 14.1 Å². The number of hydrogen-bond donors (Lipinski definition) is 0. The maximum Gasteiger partial charge on any atom is 0.259 e. The molecule has 7 heteroatoms. The van der Waals surface area contributed by atoms with Crippen molar-refractivity contribution in [1.29, 1.82) is 0 Å². The third-order valence-corrected chi connectivity index (χ3v) is 5.09. The van der Waals surface area contributed by atoms with Crippen molar-refractivity contribution in [2.75, 3.05) is 20.2 Å². The largest absolute Gasteiger partial charge is 0.480 e. The topological polar surface area (TPSA) is 68.5 Å². The molecule has 0 radical (unpaired) electrons. The Morgan fingerprint density at radius 2 is 2.21 bits per heavy atom. The van der Waals surface area contributed by atoms with Crippen molar-refractivity contribution in [3.63, 3.8) is 0 Å². The van der Waals surface area contributed by atoms with E-state index in [2.05, 4.69) is 9.97 Å². The molecule has 1 aliphatic rings. The molecule has 150 valence electrons. The van der Waals surface area contributed by atoms with Gasteiger partial charge in [-0.2, -0.15) is 0 Å². The van der Waals surface area contributed by atoms with Gasteiger partial charge in [0.15, 0.2) is 5.89 Å². The van der Waals surface area contributed by atoms with Crippen LogP contribution < -0.4 is 4.74 Å². The normalized spacial score (nSPS) is 16.6. The van der Waals surface area contributed by atoms with Gasteiger partial charge in [0.2, 0.25) is 5.88 Å². The number of aromatic nitrogens is 2. The minimum atomic E-state index is -0.269. The number of halogens is 1. The van der Waals surface area contributed by atoms with Gasteiger partial charge in [0.05, 0.1) is 19.2 Å². The molecule has 0 N–H and O–H groups in total. The summed E-state index contributed by atoms with van der Waals surface area (Å²) < 4.78 is 24.5. The van der Waals surface area contributed by atoms with Gasteiger partial charge >= 0.3 is 0 Å². The van der Waals surface area contributed by atoms with Gasteiger partial charge in [-0.05, 0) is 42.7 Å². The lowest BCUT2D eigenvalue weighted by Gasteiger charge is -2.31. The third kappa shape index (κ3) is 4.29. The summed E-state index contributed by atoms with van der Waals surface area (Å²) in [6.45, 7) is 1.20. The molecular formula is C22H22FN3O3. The maximum atomic E-state index is 13.4. The molecule has 1 atom stereocenters. The van der Waals surface area contributed by atoms with Gasteiger partial charge in [-0.1, -0.05) is 12.1 Å². The summed E-state index contributed by atoms with van der Waals surface area (Å²) in [5.74, 6) is 1.28. The highest BCUT2D eigenvalue weighted by molar-refractivity contribution is 5.96. The van der Waals surface area contributed by atoms with E-state index in [-0.39, 0.29) is 17.6 Å². The minimum Gasteiger partial charge on any atom is -0.480 e.